The van der Waals surface area contributed by atoms with Crippen LogP contribution in [0.1, 0.15) is 16.1 Å². The molecule has 1 aromatic carbocycles. The molecule has 0 aliphatic carbocycles. The molecule has 0 atom stereocenters. The highest BCUT2D eigenvalue weighted by Crippen LogP contribution is 2.26. The lowest BCUT2D eigenvalue weighted by Crippen LogP contribution is -2.15. The van der Waals surface area contributed by atoms with Crippen LogP contribution in [-0.2, 0) is 11.3 Å². The number of anilines is 1. The molecule has 0 saturated carbocycles. The van der Waals surface area contributed by atoms with Crippen LogP contribution in [0.5, 0.6) is 0 Å². The number of carbonyl (C=O) groups is 1. The van der Waals surface area contributed by atoms with Crippen molar-refractivity contribution in [1.82, 2.24) is 4.98 Å². The van der Waals surface area contributed by atoms with Crippen LogP contribution >= 0.6 is 31.9 Å². The second-order valence-corrected chi connectivity index (χ2v) is 5.70. The molecule has 0 saturated heterocycles. The number of nitrogens with one attached hydrogen (secondary N) is 1. The highest BCUT2D eigenvalue weighted by atomic mass is 79.9. The molecule has 0 fully saturated rings. The molecule has 6 heteroatoms. The number of benzene rings is 1. The minimum absolute atomic E-state index is 0.270. The average molecular weight is 400 g/mol. The molecule has 2 rings (SSSR count). The lowest BCUT2D eigenvalue weighted by molar-refractivity contribution is 0.102. The Labute approximate surface area is 133 Å². The summed E-state index contributed by atoms with van der Waals surface area (Å²) in [5.41, 5.74) is 1.93. The Morgan fingerprint density at radius 1 is 1.25 bits per heavy atom. The van der Waals surface area contributed by atoms with Crippen molar-refractivity contribution in [2.45, 2.75) is 6.61 Å². The molecule has 2 aromatic rings. The minimum Gasteiger partial charge on any atom is -0.380 e. The average Bonchev–Trinajstić information content (AvgIpc) is 2.43. The zero-order valence-corrected chi connectivity index (χ0v) is 13.9. The van der Waals surface area contributed by atoms with Crippen molar-refractivity contribution >= 4 is 43.5 Å². The molecule has 0 spiro atoms. The van der Waals surface area contributed by atoms with Crippen LogP contribution in [0.15, 0.2) is 45.5 Å². The van der Waals surface area contributed by atoms with Gasteiger partial charge < -0.3 is 10.1 Å². The van der Waals surface area contributed by atoms with E-state index in [4.69, 9.17) is 4.74 Å². The number of pyridine rings is 1. The Balaban J connectivity index is 2.29. The number of carbonyl (C=O) groups excluding carboxylic acids is 1. The molecule has 0 unspecified atom stereocenters. The van der Waals surface area contributed by atoms with Gasteiger partial charge in [-0.15, -0.1) is 0 Å². The van der Waals surface area contributed by atoms with Gasteiger partial charge in [-0.1, -0.05) is 22.0 Å². The molecule has 1 amide bonds. The quantitative estimate of drug-likeness (QED) is 0.845. The first-order valence-corrected chi connectivity index (χ1v) is 7.40. The van der Waals surface area contributed by atoms with Gasteiger partial charge in [0.25, 0.3) is 5.91 Å². The summed E-state index contributed by atoms with van der Waals surface area (Å²) in [4.78, 5) is 16.3. The molecule has 0 bridgehead atoms. The van der Waals surface area contributed by atoms with E-state index in [1.807, 2.05) is 18.2 Å². The number of halogens is 2. The Morgan fingerprint density at radius 3 is 2.70 bits per heavy atom. The molecular formula is C14H12Br2N2O2. The molecule has 4 nitrogen and oxygen atoms in total. The van der Waals surface area contributed by atoms with Gasteiger partial charge in [0.1, 0.15) is 5.69 Å². The summed E-state index contributed by atoms with van der Waals surface area (Å²) in [5, 5.41) is 2.85. The van der Waals surface area contributed by atoms with Gasteiger partial charge >= 0.3 is 0 Å². The third-order valence-electron chi connectivity index (χ3n) is 2.63. The topological polar surface area (TPSA) is 51.2 Å². The lowest BCUT2D eigenvalue weighted by atomic mass is 10.2. The number of methoxy groups -OCH3 is 1. The van der Waals surface area contributed by atoms with Crippen molar-refractivity contribution in [3.63, 3.8) is 0 Å². The molecule has 1 aromatic heterocycles. The van der Waals surface area contributed by atoms with Crippen molar-refractivity contribution in [3.05, 3.63) is 56.7 Å². The van der Waals surface area contributed by atoms with Gasteiger partial charge in [0.2, 0.25) is 0 Å². The van der Waals surface area contributed by atoms with Crippen LogP contribution in [0.3, 0.4) is 0 Å². The predicted octanol–water partition coefficient (Wildman–Crippen LogP) is 4.01. The molecule has 0 aliphatic rings. The second kappa shape index (κ2) is 6.97. The summed E-state index contributed by atoms with van der Waals surface area (Å²) < 4.78 is 6.69. The summed E-state index contributed by atoms with van der Waals surface area (Å²) >= 11 is 6.77. The monoisotopic (exact) mass is 398 g/mol. The van der Waals surface area contributed by atoms with Crippen molar-refractivity contribution in [1.29, 1.82) is 0 Å². The van der Waals surface area contributed by atoms with Crippen LogP contribution in [0.2, 0.25) is 0 Å². The van der Waals surface area contributed by atoms with Gasteiger partial charge in [0.15, 0.2) is 0 Å². The molecule has 0 radical (unpaired) electrons. The summed E-state index contributed by atoms with van der Waals surface area (Å²) in [6.07, 6.45) is 1.58. The van der Waals surface area contributed by atoms with E-state index in [9.17, 15) is 4.79 Å². The maximum atomic E-state index is 12.2. The van der Waals surface area contributed by atoms with Crippen LogP contribution in [0.4, 0.5) is 5.69 Å². The van der Waals surface area contributed by atoms with Gasteiger partial charge in [-0.25, -0.2) is 4.98 Å². The molecule has 1 N–H and O–H groups in total. The molecule has 0 aliphatic heterocycles. The Kier molecular flexibility index (Phi) is 5.28. The predicted molar refractivity (Wildman–Crippen MR) is 84.7 cm³/mol. The molecular weight excluding hydrogens is 388 g/mol. The standard InChI is InChI=1S/C14H12Br2N2O2/c1-20-8-9-10(15)4-2-6-12(9)18-14(19)13-11(16)5-3-7-17-13/h2-7H,8H2,1H3,(H,18,19). The number of nitrogens with zero attached hydrogens (tertiary/aromatic N) is 1. The zero-order chi connectivity index (χ0) is 14.5. The highest BCUT2D eigenvalue weighted by molar-refractivity contribution is 9.10. The van der Waals surface area contributed by atoms with Crippen molar-refractivity contribution < 1.29 is 9.53 Å². The molecule has 1 heterocycles. The van der Waals surface area contributed by atoms with Crippen LogP contribution in [0, 0.1) is 0 Å². The number of hydrogen-bond donors (Lipinski definition) is 1. The summed E-state index contributed by atoms with van der Waals surface area (Å²) in [6, 6.07) is 9.12. The Hall–Kier alpha value is -1.24. The molecule has 104 valence electrons. The zero-order valence-electron chi connectivity index (χ0n) is 10.7. The van der Waals surface area contributed by atoms with Crippen LogP contribution in [0.25, 0.3) is 0 Å². The maximum Gasteiger partial charge on any atom is 0.275 e. The summed E-state index contributed by atoms with van der Waals surface area (Å²) in [6.45, 7) is 0.403. The number of rotatable bonds is 4. The fourth-order valence-electron chi connectivity index (χ4n) is 1.70. The fourth-order valence-corrected chi connectivity index (χ4v) is 2.62. The summed E-state index contributed by atoms with van der Waals surface area (Å²) in [7, 11) is 1.61. The van der Waals surface area contributed by atoms with Gasteiger partial charge in [-0.05, 0) is 40.2 Å². The second-order valence-electron chi connectivity index (χ2n) is 3.99. The van der Waals surface area contributed by atoms with E-state index < -0.39 is 0 Å². The van der Waals surface area contributed by atoms with Gasteiger partial charge in [-0.2, -0.15) is 0 Å². The third-order valence-corrected chi connectivity index (χ3v) is 4.01. The first-order valence-electron chi connectivity index (χ1n) is 5.81. The third kappa shape index (κ3) is 3.45. The number of ether oxygens (including phenoxy) is 1. The minimum atomic E-state index is -0.270. The van der Waals surface area contributed by atoms with E-state index in [2.05, 4.69) is 42.2 Å². The Morgan fingerprint density at radius 2 is 2.00 bits per heavy atom. The van der Waals surface area contributed by atoms with E-state index in [0.29, 0.717) is 22.5 Å². The fraction of sp³-hybridized carbons (Fsp3) is 0.143. The highest BCUT2D eigenvalue weighted by Gasteiger charge is 2.14. The number of amides is 1. The summed E-state index contributed by atoms with van der Waals surface area (Å²) in [5.74, 6) is -0.270. The van der Waals surface area contributed by atoms with E-state index in [1.54, 1.807) is 25.4 Å². The van der Waals surface area contributed by atoms with Crippen molar-refractivity contribution in [2.75, 3.05) is 12.4 Å². The van der Waals surface area contributed by atoms with E-state index in [-0.39, 0.29) is 5.91 Å². The SMILES string of the molecule is COCc1c(Br)cccc1NC(=O)c1ncccc1Br. The van der Waals surface area contributed by atoms with Crippen LogP contribution in [-0.4, -0.2) is 18.0 Å². The normalized spacial score (nSPS) is 10.3. The first-order chi connectivity index (χ1) is 9.63. The maximum absolute atomic E-state index is 12.2. The van der Waals surface area contributed by atoms with Gasteiger partial charge in [-0.3, -0.25) is 4.79 Å². The van der Waals surface area contributed by atoms with Crippen LogP contribution < -0.4 is 5.32 Å². The van der Waals surface area contributed by atoms with Crippen molar-refractivity contribution in [2.24, 2.45) is 0 Å². The van der Waals surface area contributed by atoms with E-state index >= 15 is 0 Å². The van der Waals surface area contributed by atoms with E-state index in [1.165, 1.54) is 0 Å². The Bertz CT molecular complexity index is 632. The van der Waals surface area contributed by atoms with Gasteiger partial charge in [0, 0.05) is 33.5 Å². The number of aromatic nitrogens is 1. The first kappa shape index (κ1) is 15.2. The number of hydrogen-bond acceptors (Lipinski definition) is 3. The largest absolute Gasteiger partial charge is 0.380 e. The van der Waals surface area contributed by atoms with E-state index in [0.717, 1.165) is 10.0 Å². The smallest absolute Gasteiger partial charge is 0.275 e. The van der Waals surface area contributed by atoms with Crippen molar-refractivity contribution in [3.8, 4) is 0 Å². The van der Waals surface area contributed by atoms with Gasteiger partial charge in [0.05, 0.1) is 6.61 Å². The molecule has 20 heavy (non-hydrogen) atoms. The lowest BCUT2D eigenvalue weighted by Gasteiger charge is -2.12.